The van der Waals surface area contributed by atoms with Gasteiger partial charge < -0.3 is 0 Å². The van der Waals surface area contributed by atoms with Crippen molar-refractivity contribution in [2.45, 2.75) is 38.5 Å². The zero-order valence-electron chi connectivity index (χ0n) is 9.28. The van der Waals surface area contributed by atoms with E-state index in [1.807, 2.05) is 18.2 Å². The van der Waals surface area contributed by atoms with Crippen molar-refractivity contribution in [3.05, 3.63) is 35.4 Å². The number of unbranched alkanes of at least 4 members (excludes halogenated alkanes) is 1. The molecular weight excluding hydrogens is 184 g/mol. The molecule has 0 unspecified atom stereocenters. The first kappa shape index (κ1) is 10.4. The van der Waals surface area contributed by atoms with Crippen molar-refractivity contribution >= 4 is 6.29 Å². The van der Waals surface area contributed by atoms with E-state index in [1.165, 1.54) is 31.2 Å². The van der Waals surface area contributed by atoms with Crippen molar-refractivity contribution in [2.24, 2.45) is 5.92 Å². The lowest BCUT2D eigenvalue weighted by Gasteiger charge is -2.03. The largest absolute Gasteiger partial charge is 0.298 e. The monoisotopic (exact) mass is 202 g/mol. The van der Waals surface area contributed by atoms with Gasteiger partial charge in [0.05, 0.1) is 0 Å². The molecule has 0 bridgehead atoms. The Hall–Kier alpha value is -1.11. The number of benzene rings is 1. The summed E-state index contributed by atoms with van der Waals surface area (Å²) >= 11 is 0. The van der Waals surface area contributed by atoms with Gasteiger partial charge in [0.2, 0.25) is 0 Å². The van der Waals surface area contributed by atoms with Crippen LogP contribution in [-0.2, 0) is 0 Å². The summed E-state index contributed by atoms with van der Waals surface area (Å²) in [7, 11) is 0. The van der Waals surface area contributed by atoms with Gasteiger partial charge in [-0.25, -0.2) is 0 Å². The predicted octanol–water partition coefficient (Wildman–Crippen LogP) is 3.79. The lowest BCUT2D eigenvalue weighted by molar-refractivity contribution is 0.112. The molecule has 0 radical (unpaired) electrons. The Kier molecular flexibility index (Phi) is 3.20. The van der Waals surface area contributed by atoms with Crippen LogP contribution in [0.15, 0.2) is 24.3 Å². The molecule has 1 nitrogen and oxygen atoms in total. The SMILES string of the molecule is CCCC[C@H]1C[C@@H]1c1ccccc1C=O. The number of rotatable bonds is 5. The maximum absolute atomic E-state index is 10.9. The van der Waals surface area contributed by atoms with Gasteiger partial charge in [0, 0.05) is 5.56 Å². The molecule has 1 aliphatic rings. The number of carbonyl (C=O) groups is 1. The summed E-state index contributed by atoms with van der Waals surface area (Å²) < 4.78 is 0. The van der Waals surface area contributed by atoms with E-state index in [1.54, 1.807) is 0 Å². The molecule has 80 valence electrons. The van der Waals surface area contributed by atoms with Crippen molar-refractivity contribution in [3.8, 4) is 0 Å². The highest BCUT2D eigenvalue weighted by molar-refractivity contribution is 5.77. The molecule has 1 heteroatoms. The Labute approximate surface area is 91.5 Å². The van der Waals surface area contributed by atoms with Gasteiger partial charge in [0.15, 0.2) is 0 Å². The van der Waals surface area contributed by atoms with E-state index in [0.29, 0.717) is 5.92 Å². The minimum absolute atomic E-state index is 0.665. The van der Waals surface area contributed by atoms with Crippen LogP contribution < -0.4 is 0 Å². The molecule has 0 heterocycles. The van der Waals surface area contributed by atoms with Crippen molar-refractivity contribution < 1.29 is 4.79 Å². The molecule has 1 aliphatic carbocycles. The third kappa shape index (κ3) is 2.28. The van der Waals surface area contributed by atoms with Gasteiger partial charge in [0.25, 0.3) is 0 Å². The third-order valence-electron chi connectivity index (χ3n) is 3.37. The second-order valence-corrected chi connectivity index (χ2v) is 4.49. The van der Waals surface area contributed by atoms with E-state index in [0.717, 1.165) is 17.8 Å². The Morgan fingerprint density at radius 3 is 2.93 bits per heavy atom. The topological polar surface area (TPSA) is 17.1 Å². The fraction of sp³-hybridized carbons (Fsp3) is 0.500. The fourth-order valence-electron chi connectivity index (χ4n) is 2.37. The summed E-state index contributed by atoms with van der Waals surface area (Å²) in [6.07, 6.45) is 6.20. The molecule has 0 aromatic heterocycles. The van der Waals surface area contributed by atoms with Crippen molar-refractivity contribution in [1.29, 1.82) is 0 Å². The first-order valence-corrected chi connectivity index (χ1v) is 5.91. The molecular formula is C14H18O. The molecule has 0 saturated heterocycles. The zero-order chi connectivity index (χ0) is 10.7. The van der Waals surface area contributed by atoms with Crippen LogP contribution in [-0.4, -0.2) is 6.29 Å². The third-order valence-corrected chi connectivity index (χ3v) is 3.37. The molecule has 0 amide bonds. The highest BCUT2D eigenvalue weighted by atomic mass is 16.1. The minimum Gasteiger partial charge on any atom is -0.298 e. The van der Waals surface area contributed by atoms with E-state index >= 15 is 0 Å². The quantitative estimate of drug-likeness (QED) is 0.664. The van der Waals surface area contributed by atoms with Gasteiger partial charge in [-0.15, -0.1) is 0 Å². The lowest BCUT2D eigenvalue weighted by Crippen LogP contribution is -1.91. The Balaban J connectivity index is 2.03. The molecule has 0 aliphatic heterocycles. The molecule has 0 N–H and O–H groups in total. The summed E-state index contributed by atoms with van der Waals surface area (Å²) in [4.78, 5) is 10.9. The van der Waals surface area contributed by atoms with E-state index < -0.39 is 0 Å². The Bertz CT molecular complexity index is 343. The van der Waals surface area contributed by atoms with Gasteiger partial charge in [-0.3, -0.25) is 4.79 Å². The summed E-state index contributed by atoms with van der Waals surface area (Å²) in [6.45, 7) is 2.23. The van der Waals surface area contributed by atoms with E-state index in [2.05, 4.69) is 13.0 Å². The average Bonchev–Trinajstić information content (AvgIpc) is 3.05. The fourth-order valence-corrected chi connectivity index (χ4v) is 2.37. The second kappa shape index (κ2) is 4.61. The van der Waals surface area contributed by atoms with Crippen LogP contribution in [0.1, 0.15) is 54.4 Å². The van der Waals surface area contributed by atoms with Crippen LogP contribution in [0.25, 0.3) is 0 Å². The minimum atomic E-state index is 0.665. The Morgan fingerprint density at radius 1 is 1.40 bits per heavy atom. The van der Waals surface area contributed by atoms with Crippen LogP contribution in [0.3, 0.4) is 0 Å². The molecule has 1 saturated carbocycles. The van der Waals surface area contributed by atoms with Crippen molar-refractivity contribution in [1.82, 2.24) is 0 Å². The van der Waals surface area contributed by atoms with E-state index in [9.17, 15) is 4.79 Å². The maximum Gasteiger partial charge on any atom is 0.150 e. The summed E-state index contributed by atoms with van der Waals surface area (Å²) in [6, 6.07) is 8.02. The van der Waals surface area contributed by atoms with Gasteiger partial charge in [-0.2, -0.15) is 0 Å². The normalized spacial score (nSPS) is 23.8. The van der Waals surface area contributed by atoms with Gasteiger partial charge >= 0.3 is 0 Å². The summed E-state index contributed by atoms with van der Waals surface area (Å²) in [5.41, 5.74) is 2.16. The smallest absolute Gasteiger partial charge is 0.150 e. The Morgan fingerprint density at radius 2 is 2.20 bits per heavy atom. The highest BCUT2D eigenvalue weighted by Gasteiger charge is 2.38. The molecule has 0 spiro atoms. The number of carbonyl (C=O) groups excluding carboxylic acids is 1. The zero-order valence-corrected chi connectivity index (χ0v) is 9.28. The van der Waals surface area contributed by atoms with Gasteiger partial charge in [-0.1, -0.05) is 44.0 Å². The first-order chi connectivity index (χ1) is 7.36. The molecule has 1 aromatic carbocycles. The standard InChI is InChI=1S/C14H18O/c1-2-3-6-11-9-14(11)13-8-5-4-7-12(13)10-15/h4-5,7-8,10-11,14H,2-3,6,9H2,1H3/t11-,14-/m0/s1. The molecule has 2 rings (SSSR count). The predicted molar refractivity (Wildman–Crippen MR) is 62.2 cm³/mol. The van der Waals surface area contributed by atoms with Crippen LogP contribution in [0, 0.1) is 5.92 Å². The summed E-state index contributed by atoms with van der Waals surface area (Å²) in [5.74, 6) is 1.50. The van der Waals surface area contributed by atoms with E-state index in [-0.39, 0.29) is 0 Å². The first-order valence-electron chi connectivity index (χ1n) is 5.91. The molecule has 1 aromatic rings. The second-order valence-electron chi connectivity index (χ2n) is 4.49. The maximum atomic E-state index is 10.9. The number of hydrogen-bond acceptors (Lipinski definition) is 1. The van der Waals surface area contributed by atoms with E-state index in [4.69, 9.17) is 0 Å². The molecule has 1 fully saturated rings. The highest BCUT2D eigenvalue weighted by Crippen LogP contribution is 2.50. The molecule has 2 atom stereocenters. The van der Waals surface area contributed by atoms with Gasteiger partial charge in [-0.05, 0) is 30.2 Å². The van der Waals surface area contributed by atoms with Crippen molar-refractivity contribution in [2.75, 3.05) is 0 Å². The van der Waals surface area contributed by atoms with Crippen LogP contribution in [0.2, 0.25) is 0 Å². The molecule has 15 heavy (non-hydrogen) atoms. The number of aldehydes is 1. The van der Waals surface area contributed by atoms with Crippen LogP contribution in [0.5, 0.6) is 0 Å². The number of hydrogen-bond donors (Lipinski definition) is 0. The average molecular weight is 202 g/mol. The van der Waals surface area contributed by atoms with Crippen LogP contribution in [0.4, 0.5) is 0 Å². The summed E-state index contributed by atoms with van der Waals surface area (Å²) in [5, 5.41) is 0. The lowest BCUT2D eigenvalue weighted by atomic mass is 10.0. The van der Waals surface area contributed by atoms with Crippen molar-refractivity contribution in [3.63, 3.8) is 0 Å². The van der Waals surface area contributed by atoms with Crippen LogP contribution >= 0.6 is 0 Å². The van der Waals surface area contributed by atoms with Gasteiger partial charge in [0.1, 0.15) is 6.29 Å².